The molecule has 2 N–H and O–H groups in total. The standard InChI is InChI=1S/C9H5F2NO2/c10-5-1-2-6(11)8-7(5)4(3-12-8)9(13)14/h1-3,12H,(H,13,14). The van der Waals surface area contributed by atoms with Gasteiger partial charge in [0.05, 0.1) is 16.5 Å². The van der Waals surface area contributed by atoms with E-state index >= 15 is 0 Å². The lowest BCUT2D eigenvalue weighted by molar-refractivity contribution is 0.0699. The van der Waals surface area contributed by atoms with Crippen molar-refractivity contribution in [3.63, 3.8) is 0 Å². The number of aromatic carboxylic acids is 1. The lowest BCUT2D eigenvalue weighted by atomic mass is 10.1. The molecule has 0 radical (unpaired) electrons. The molecule has 0 atom stereocenters. The molecule has 0 bridgehead atoms. The Balaban J connectivity index is 2.90. The van der Waals surface area contributed by atoms with E-state index in [4.69, 9.17) is 5.11 Å². The number of halogens is 2. The molecule has 0 saturated heterocycles. The van der Waals surface area contributed by atoms with Gasteiger partial charge < -0.3 is 10.1 Å². The molecule has 14 heavy (non-hydrogen) atoms. The Kier molecular flexibility index (Phi) is 1.73. The fraction of sp³-hybridized carbons (Fsp3) is 0. The minimum Gasteiger partial charge on any atom is -0.478 e. The summed E-state index contributed by atoms with van der Waals surface area (Å²) in [6.45, 7) is 0. The molecule has 0 amide bonds. The van der Waals surface area contributed by atoms with E-state index in [1.54, 1.807) is 0 Å². The van der Waals surface area contributed by atoms with Crippen molar-refractivity contribution in [2.45, 2.75) is 0 Å². The van der Waals surface area contributed by atoms with Gasteiger partial charge >= 0.3 is 5.97 Å². The highest BCUT2D eigenvalue weighted by Gasteiger charge is 2.16. The molecule has 0 aliphatic rings. The van der Waals surface area contributed by atoms with Gasteiger partial charge in [-0.2, -0.15) is 0 Å². The van der Waals surface area contributed by atoms with Crippen molar-refractivity contribution in [1.82, 2.24) is 4.98 Å². The van der Waals surface area contributed by atoms with E-state index in [0.29, 0.717) is 0 Å². The van der Waals surface area contributed by atoms with Gasteiger partial charge in [0.2, 0.25) is 0 Å². The van der Waals surface area contributed by atoms with Crippen molar-refractivity contribution in [1.29, 1.82) is 0 Å². The Hall–Kier alpha value is -1.91. The van der Waals surface area contributed by atoms with Gasteiger partial charge in [0, 0.05) is 6.20 Å². The van der Waals surface area contributed by atoms with Gasteiger partial charge in [-0.25, -0.2) is 13.6 Å². The van der Waals surface area contributed by atoms with Crippen LogP contribution >= 0.6 is 0 Å². The average molecular weight is 197 g/mol. The molecule has 5 heteroatoms. The van der Waals surface area contributed by atoms with Crippen molar-refractivity contribution in [3.8, 4) is 0 Å². The van der Waals surface area contributed by atoms with Crippen LogP contribution in [0.2, 0.25) is 0 Å². The van der Waals surface area contributed by atoms with Crippen LogP contribution in [0.25, 0.3) is 10.9 Å². The topological polar surface area (TPSA) is 53.1 Å². The third-order valence-corrected chi connectivity index (χ3v) is 1.96. The minimum absolute atomic E-state index is 0.123. The first-order chi connectivity index (χ1) is 6.61. The van der Waals surface area contributed by atoms with E-state index < -0.39 is 17.6 Å². The minimum atomic E-state index is -1.29. The van der Waals surface area contributed by atoms with Crippen molar-refractivity contribution in [2.24, 2.45) is 0 Å². The Bertz CT molecular complexity index is 519. The Morgan fingerprint density at radius 2 is 1.93 bits per heavy atom. The molecule has 2 aromatic rings. The van der Waals surface area contributed by atoms with Crippen LogP contribution in [0.1, 0.15) is 10.4 Å². The summed E-state index contributed by atoms with van der Waals surface area (Å²) in [4.78, 5) is 13.0. The maximum absolute atomic E-state index is 13.2. The zero-order valence-electron chi connectivity index (χ0n) is 6.84. The monoisotopic (exact) mass is 197 g/mol. The largest absolute Gasteiger partial charge is 0.478 e. The first-order valence-electron chi connectivity index (χ1n) is 3.79. The number of H-pyrrole nitrogens is 1. The number of carbonyl (C=O) groups is 1. The molecule has 0 aliphatic heterocycles. The number of fused-ring (bicyclic) bond motifs is 1. The molecule has 2 rings (SSSR count). The van der Waals surface area contributed by atoms with Crippen LogP contribution < -0.4 is 0 Å². The van der Waals surface area contributed by atoms with Gasteiger partial charge in [-0.15, -0.1) is 0 Å². The Morgan fingerprint density at radius 1 is 1.29 bits per heavy atom. The number of aromatic nitrogens is 1. The average Bonchev–Trinajstić information content (AvgIpc) is 2.56. The maximum atomic E-state index is 13.2. The number of hydrogen-bond acceptors (Lipinski definition) is 1. The van der Waals surface area contributed by atoms with Crippen molar-refractivity contribution < 1.29 is 18.7 Å². The van der Waals surface area contributed by atoms with Crippen LogP contribution in [-0.2, 0) is 0 Å². The molecular formula is C9H5F2NO2. The summed E-state index contributed by atoms with van der Waals surface area (Å²) >= 11 is 0. The number of carboxylic acid groups (broad SMARTS) is 1. The molecule has 0 fully saturated rings. The molecular weight excluding hydrogens is 192 g/mol. The second kappa shape index (κ2) is 2.80. The van der Waals surface area contributed by atoms with Crippen LogP contribution in [0.4, 0.5) is 8.78 Å². The summed E-state index contributed by atoms with van der Waals surface area (Å²) in [5.74, 6) is -2.71. The van der Waals surface area contributed by atoms with Crippen molar-refractivity contribution in [2.75, 3.05) is 0 Å². The Morgan fingerprint density at radius 3 is 2.57 bits per heavy atom. The summed E-state index contributed by atoms with van der Waals surface area (Å²) < 4.78 is 26.2. The van der Waals surface area contributed by atoms with Gasteiger partial charge in [-0.3, -0.25) is 0 Å². The van der Waals surface area contributed by atoms with E-state index in [1.165, 1.54) is 0 Å². The van der Waals surface area contributed by atoms with Gasteiger partial charge in [0.25, 0.3) is 0 Å². The number of nitrogens with one attached hydrogen (secondary N) is 1. The zero-order valence-corrected chi connectivity index (χ0v) is 6.84. The van der Waals surface area contributed by atoms with Crippen LogP contribution in [0.15, 0.2) is 18.3 Å². The second-order valence-electron chi connectivity index (χ2n) is 2.79. The molecule has 72 valence electrons. The lowest BCUT2D eigenvalue weighted by Crippen LogP contribution is -1.95. The lowest BCUT2D eigenvalue weighted by Gasteiger charge is -1.95. The third kappa shape index (κ3) is 1.06. The smallest absolute Gasteiger partial charge is 0.337 e. The quantitative estimate of drug-likeness (QED) is 0.735. The van der Waals surface area contributed by atoms with Crippen molar-refractivity contribution >= 4 is 16.9 Å². The van der Waals surface area contributed by atoms with Gasteiger partial charge in [0.1, 0.15) is 11.6 Å². The fourth-order valence-corrected chi connectivity index (χ4v) is 1.34. The molecule has 1 aromatic heterocycles. The summed E-state index contributed by atoms with van der Waals surface area (Å²) in [7, 11) is 0. The van der Waals surface area contributed by atoms with Crippen LogP contribution in [0.5, 0.6) is 0 Å². The number of carboxylic acids is 1. The first kappa shape index (κ1) is 8.68. The summed E-state index contributed by atoms with van der Waals surface area (Å²) in [6.07, 6.45) is 1.07. The second-order valence-corrected chi connectivity index (χ2v) is 2.79. The van der Waals surface area contributed by atoms with Gasteiger partial charge in [0.15, 0.2) is 0 Å². The maximum Gasteiger partial charge on any atom is 0.337 e. The van der Waals surface area contributed by atoms with E-state index in [9.17, 15) is 13.6 Å². The highest BCUT2D eigenvalue weighted by molar-refractivity contribution is 6.03. The third-order valence-electron chi connectivity index (χ3n) is 1.96. The number of rotatable bonds is 1. The fourth-order valence-electron chi connectivity index (χ4n) is 1.34. The zero-order chi connectivity index (χ0) is 10.3. The molecule has 0 spiro atoms. The molecule has 1 heterocycles. The molecule has 3 nitrogen and oxygen atoms in total. The predicted molar refractivity (Wildman–Crippen MR) is 45.2 cm³/mol. The van der Waals surface area contributed by atoms with E-state index in [-0.39, 0.29) is 16.5 Å². The SMILES string of the molecule is O=C(O)c1c[nH]c2c(F)ccc(F)c12. The number of hydrogen-bond donors (Lipinski definition) is 2. The van der Waals surface area contributed by atoms with Gasteiger partial charge in [-0.05, 0) is 12.1 Å². The molecule has 1 aromatic carbocycles. The highest BCUT2D eigenvalue weighted by Crippen LogP contribution is 2.23. The van der Waals surface area contributed by atoms with E-state index in [0.717, 1.165) is 18.3 Å². The first-order valence-corrected chi connectivity index (χ1v) is 3.79. The molecule has 0 saturated carbocycles. The molecule has 0 unspecified atom stereocenters. The summed E-state index contributed by atoms with van der Waals surface area (Å²) in [5, 5.41) is 8.45. The Labute approximate surface area is 77.0 Å². The highest BCUT2D eigenvalue weighted by atomic mass is 19.1. The van der Waals surface area contributed by atoms with Crippen LogP contribution in [0.3, 0.4) is 0 Å². The summed E-state index contributed by atoms with van der Waals surface area (Å²) in [6, 6.07) is 1.84. The predicted octanol–water partition coefficient (Wildman–Crippen LogP) is 2.14. The normalized spacial score (nSPS) is 10.7. The van der Waals surface area contributed by atoms with Crippen molar-refractivity contribution in [3.05, 3.63) is 35.5 Å². The summed E-state index contributed by atoms with van der Waals surface area (Å²) in [5.41, 5.74) is -0.389. The van der Waals surface area contributed by atoms with Crippen LogP contribution in [-0.4, -0.2) is 16.1 Å². The van der Waals surface area contributed by atoms with E-state index in [1.807, 2.05) is 0 Å². The number of aromatic amines is 1. The number of benzene rings is 1. The van der Waals surface area contributed by atoms with Gasteiger partial charge in [-0.1, -0.05) is 0 Å². The molecule has 0 aliphatic carbocycles. The van der Waals surface area contributed by atoms with E-state index in [2.05, 4.69) is 4.98 Å². The van der Waals surface area contributed by atoms with Crippen LogP contribution in [0, 0.1) is 11.6 Å².